The first kappa shape index (κ1) is 7.29. The van der Waals surface area contributed by atoms with E-state index in [1.165, 1.54) is 0 Å². The highest BCUT2D eigenvalue weighted by atomic mass is 79.9. The summed E-state index contributed by atoms with van der Waals surface area (Å²) in [5.74, 6) is 0. The molecule has 0 nitrogen and oxygen atoms in total. The van der Waals surface area contributed by atoms with Crippen LogP contribution in [0.2, 0.25) is 0 Å². The van der Waals surface area contributed by atoms with Crippen LogP contribution in [0.1, 0.15) is 17.3 Å². The summed E-state index contributed by atoms with van der Waals surface area (Å²) in [6.07, 6.45) is 0.00310. The van der Waals surface area contributed by atoms with E-state index in [0.29, 0.717) is 0 Å². The lowest BCUT2D eigenvalue weighted by molar-refractivity contribution is 0.355. The van der Waals surface area contributed by atoms with Crippen LogP contribution < -0.4 is 0 Å². The average Bonchev–Trinajstić information content (AvgIpc) is 2.30. The first-order chi connectivity index (χ1) is 5.29. The third kappa shape index (κ3) is 1.09. The zero-order valence-electron chi connectivity index (χ0n) is 5.93. The van der Waals surface area contributed by atoms with Gasteiger partial charge in [0.15, 0.2) is 0 Å². The highest BCUT2D eigenvalue weighted by molar-refractivity contribution is 9.09. The molecular formula is C9H8BrF. The Balaban J connectivity index is 2.47. The van der Waals surface area contributed by atoms with Gasteiger partial charge < -0.3 is 0 Å². The second-order valence-electron chi connectivity index (χ2n) is 2.82. The van der Waals surface area contributed by atoms with Crippen LogP contribution in [0.25, 0.3) is 0 Å². The van der Waals surface area contributed by atoms with Gasteiger partial charge in [0.2, 0.25) is 0 Å². The molecule has 1 aromatic carbocycles. The number of hydrogen-bond donors (Lipinski definition) is 0. The summed E-state index contributed by atoms with van der Waals surface area (Å²) in [6.45, 7) is 0. The lowest BCUT2D eigenvalue weighted by Gasteiger charge is -2.02. The quantitative estimate of drug-likeness (QED) is 0.583. The molecule has 1 aromatic rings. The highest BCUT2D eigenvalue weighted by Crippen LogP contribution is 2.38. The molecular weight excluding hydrogens is 207 g/mol. The summed E-state index contributed by atoms with van der Waals surface area (Å²) in [5.41, 5.74) is 2.00. The van der Waals surface area contributed by atoms with E-state index >= 15 is 0 Å². The number of halogens is 2. The van der Waals surface area contributed by atoms with Crippen molar-refractivity contribution in [1.82, 2.24) is 0 Å². The second kappa shape index (κ2) is 2.59. The molecule has 0 spiro atoms. The fourth-order valence-corrected chi connectivity index (χ4v) is 2.13. The average molecular weight is 215 g/mol. The monoisotopic (exact) mass is 214 g/mol. The van der Waals surface area contributed by atoms with Crippen molar-refractivity contribution in [2.45, 2.75) is 17.4 Å². The lowest BCUT2D eigenvalue weighted by atomic mass is 10.1. The molecule has 0 fully saturated rings. The Bertz CT molecular complexity index is 272. The molecule has 0 aromatic heterocycles. The van der Waals surface area contributed by atoms with Gasteiger partial charge in [-0.2, -0.15) is 0 Å². The van der Waals surface area contributed by atoms with Crippen LogP contribution in [-0.4, -0.2) is 4.83 Å². The van der Waals surface area contributed by atoms with E-state index in [1.54, 1.807) is 0 Å². The number of hydrogen-bond acceptors (Lipinski definition) is 0. The van der Waals surface area contributed by atoms with Gasteiger partial charge in [0.1, 0.15) is 6.17 Å². The largest absolute Gasteiger partial charge is 0.241 e. The van der Waals surface area contributed by atoms with Crippen molar-refractivity contribution < 1.29 is 4.39 Å². The van der Waals surface area contributed by atoms with Crippen molar-refractivity contribution in [2.75, 3.05) is 0 Å². The van der Waals surface area contributed by atoms with Crippen LogP contribution in [0.5, 0.6) is 0 Å². The fourth-order valence-electron chi connectivity index (χ4n) is 1.50. The van der Waals surface area contributed by atoms with Crippen LogP contribution in [0.4, 0.5) is 4.39 Å². The molecule has 11 heavy (non-hydrogen) atoms. The van der Waals surface area contributed by atoms with Gasteiger partial charge in [0.05, 0.1) is 4.83 Å². The van der Waals surface area contributed by atoms with E-state index < -0.39 is 6.17 Å². The van der Waals surface area contributed by atoms with Gasteiger partial charge in [-0.1, -0.05) is 40.2 Å². The molecule has 0 radical (unpaired) electrons. The Labute approximate surface area is 73.6 Å². The third-order valence-corrected chi connectivity index (χ3v) is 2.87. The summed E-state index contributed by atoms with van der Waals surface area (Å²) in [6, 6.07) is 7.69. The topological polar surface area (TPSA) is 0 Å². The molecule has 0 saturated carbocycles. The summed E-state index contributed by atoms with van der Waals surface area (Å²) < 4.78 is 13.3. The summed E-state index contributed by atoms with van der Waals surface area (Å²) in [5, 5.41) is 0. The van der Waals surface area contributed by atoms with Gasteiger partial charge in [-0.3, -0.25) is 0 Å². The molecule has 58 valence electrons. The minimum atomic E-state index is -0.814. The van der Waals surface area contributed by atoms with Crippen LogP contribution in [0, 0.1) is 0 Å². The predicted octanol–water partition coefficient (Wildman–Crippen LogP) is 3.02. The maximum atomic E-state index is 13.3. The van der Waals surface area contributed by atoms with E-state index in [1.807, 2.05) is 24.3 Å². The second-order valence-corrected chi connectivity index (χ2v) is 4.00. The summed E-state index contributed by atoms with van der Waals surface area (Å²) in [4.78, 5) is -0.0140. The maximum Gasteiger partial charge on any atom is 0.138 e. The lowest BCUT2D eigenvalue weighted by Crippen LogP contribution is -1.98. The molecule has 2 heteroatoms. The SMILES string of the molecule is F[C@@H]1c2ccccc2C[C@H]1Br. The minimum absolute atomic E-state index is 0.0140. The van der Waals surface area contributed by atoms with Crippen molar-refractivity contribution >= 4 is 15.9 Å². The molecule has 0 unspecified atom stereocenters. The van der Waals surface area contributed by atoms with Gasteiger partial charge in [0.25, 0.3) is 0 Å². The minimum Gasteiger partial charge on any atom is -0.241 e. The first-order valence-electron chi connectivity index (χ1n) is 3.65. The number of benzene rings is 1. The summed E-state index contributed by atoms with van der Waals surface area (Å²) >= 11 is 3.31. The molecule has 0 heterocycles. The molecule has 0 bridgehead atoms. The van der Waals surface area contributed by atoms with Gasteiger partial charge in [0, 0.05) is 0 Å². The molecule has 0 amide bonds. The van der Waals surface area contributed by atoms with E-state index in [0.717, 1.165) is 17.5 Å². The smallest absolute Gasteiger partial charge is 0.138 e. The van der Waals surface area contributed by atoms with Crippen molar-refractivity contribution in [3.8, 4) is 0 Å². The van der Waals surface area contributed by atoms with E-state index in [4.69, 9.17) is 0 Å². The molecule has 1 aliphatic rings. The first-order valence-corrected chi connectivity index (χ1v) is 4.56. The normalized spacial score (nSPS) is 28.5. The van der Waals surface area contributed by atoms with Crippen molar-refractivity contribution in [3.63, 3.8) is 0 Å². The van der Waals surface area contributed by atoms with Crippen LogP contribution in [0.15, 0.2) is 24.3 Å². The zero-order valence-corrected chi connectivity index (χ0v) is 7.51. The number of fused-ring (bicyclic) bond motifs is 1. The Hall–Kier alpha value is -0.370. The fraction of sp³-hybridized carbons (Fsp3) is 0.333. The van der Waals surface area contributed by atoms with Gasteiger partial charge >= 0.3 is 0 Å². The number of rotatable bonds is 0. The summed E-state index contributed by atoms with van der Waals surface area (Å²) in [7, 11) is 0. The van der Waals surface area contributed by atoms with Crippen LogP contribution in [-0.2, 0) is 6.42 Å². The molecule has 0 N–H and O–H groups in total. The maximum absolute atomic E-state index is 13.3. The van der Waals surface area contributed by atoms with E-state index in [-0.39, 0.29) is 4.83 Å². The molecule has 0 aliphatic heterocycles. The molecule has 1 aliphatic carbocycles. The molecule has 2 rings (SSSR count). The van der Waals surface area contributed by atoms with Gasteiger partial charge in [-0.25, -0.2) is 4.39 Å². The Morgan fingerprint density at radius 1 is 1.36 bits per heavy atom. The van der Waals surface area contributed by atoms with Crippen molar-refractivity contribution in [2.24, 2.45) is 0 Å². The van der Waals surface area contributed by atoms with E-state index in [9.17, 15) is 4.39 Å². The number of alkyl halides is 2. The van der Waals surface area contributed by atoms with Crippen LogP contribution >= 0.6 is 15.9 Å². The Kier molecular flexibility index (Phi) is 1.72. The Morgan fingerprint density at radius 2 is 2.09 bits per heavy atom. The van der Waals surface area contributed by atoms with Crippen molar-refractivity contribution in [1.29, 1.82) is 0 Å². The third-order valence-electron chi connectivity index (χ3n) is 2.08. The van der Waals surface area contributed by atoms with E-state index in [2.05, 4.69) is 15.9 Å². The Morgan fingerprint density at radius 3 is 2.82 bits per heavy atom. The predicted molar refractivity (Wildman–Crippen MR) is 46.7 cm³/mol. The highest BCUT2D eigenvalue weighted by Gasteiger charge is 2.29. The van der Waals surface area contributed by atoms with Gasteiger partial charge in [-0.05, 0) is 17.5 Å². The van der Waals surface area contributed by atoms with Crippen molar-refractivity contribution in [3.05, 3.63) is 35.4 Å². The van der Waals surface area contributed by atoms with Gasteiger partial charge in [-0.15, -0.1) is 0 Å². The standard InChI is InChI=1S/C9H8BrF/c10-8-5-6-3-1-2-4-7(6)9(8)11/h1-4,8-9H,5H2/t8-,9-/m1/s1. The van der Waals surface area contributed by atoms with Crippen LogP contribution in [0.3, 0.4) is 0 Å². The molecule has 0 saturated heterocycles. The zero-order chi connectivity index (χ0) is 7.84. The molecule has 2 atom stereocenters.